The van der Waals surface area contributed by atoms with Crippen LogP contribution in [0.1, 0.15) is 19.4 Å². The highest BCUT2D eigenvalue weighted by molar-refractivity contribution is 7.89. The molecule has 0 aliphatic heterocycles. The summed E-state index contributed by atoms with van der Waals surface area (Å²) in [4.78, 5) is 22.1. The molecule has 0 aliphatic carbocycles. The fourth-order valence-electron chi connectivity index (χ4n) is 2.08. The van der Waals surface area contributed by atoms with Crippen molar-refractivity contribution in [1.29, 1.82) is 0 Å². The SMILES string of the molecule is CC(=O)NCCN(C(C)C(=O)O)S(=O)(=O)CCOCc1ccccc1. The summed E-state index contributed by atoms with van der Waals surface area (Å²) in [7, 11) is -3.84. The van der Waals surface area contributed by atoms with Gasteiger partial charge in [-0.3, -0.25) is 9.59 Å². The smallest absolute Gasteiger partial charge is 0.321 e. The summed E-state index contributed by atoms with van der Waals surface area (Å²) in [6.07, 6.45) is 0. The van der Waals surface area contributed by atoms with Crippen LogP contribution in [0.2, 0.25) is 0 Å². The molecule has 0 saturated carbocycles. The number of aliphatic carboxylic acids is 1. The molecule has 0 heterocycles. The molecule has 8 nitrogen and oxygen atoms in total. The van der Waals surface area contributed by atoms with E-state index >= 15 is 0 Å². The number of nitrogens with zero attached hydrogens (tertiary/aromatic N) is 1. The number of carboxylic acids is 1. The van der Waals surface area contributed by atoms with E-state index in [1.165, 1.54) is 13.8 Å². The van der Waals surface area contributed by atoms with Gasteiger partial charge in [-0.15, -0.1) is 0 Å². The van der Waals surface area contributed by atoms with Crippen LogP contribution >= 0.6 is 0 Å². The van der Waals surface area contributed by atoms with Gasteiger partial charge in [-0.2, -0.15) is 4.31 Å². The maximum absolute atomic E-state index is 12.4. The maximum Gasteiger partial charge on any atom is 0.321 e. The summed E-state index contributed by atoms with van der Waals surface area (Å²) in [5.41, 5.74) is 0.918. The molecule has 1 aromatic carbocycles. The number of hydrogen-bond donors (Lipinski definition) is 2. The van der Waals surface area contributed by atoms with Crippen molar-refractivity contribution in [2.45, 2.75) is 26.5 Å². The van der Waals surface area contributed by atoms with Gasteiger partial charge >= 0.3 is 5.97 Å². The average Bonchev–Trinajstić information content (AvgIpc) is 2.55. The van der Waals surface area contributed by atoms with Crippen molar-refractivity contribution in [3.8, 4) is 0 Å². The van der Waals surface area contributed by atoms with Gasteiger partial charge in [-0.05, 0) is 12.5 Å². The molecule has 0 radical (unpaired) electrons. The number of benzene rings is 1. The maximum atomic E-state index is 12.4. The van der Waals surface area contributed by atoms with Crippen molar-refractivity contribution in [1.82, 2.24) is 9.62 Å². The fourth-order valence-corrected chi connectivity index (χ4v) is 3.59. The molecular weight excluding hydrogens is 348 g/mol. The van der Waals surface area contributed by atoms with Crippen LogP contribution < -0.4 is 5.32 Å². The molecule has 9 heteroatoms. The van der Waals surface area contributed by atoms with E-state index in [-0.39, 0.29) is 38.0 Å². The van der Waals surface area contributed by atoms with Crippen molar-refractivity contribution in [3.63, 3.8) is 0 Å². The zero-order chi connectivity index (χ0) is 18.9. The molecule has 0 spiro atoms. The molecule has 0 bridgehead atoms. The van der Waals surface area contributed by atoms with Crippen LogP contribution in [0.25, 0.3) is 0 Å². The van der Waals surface area contributed by atoms with Crippen LogP contribution in [-0.2, 0) is 31.0 Å². The van der Waals surface area contributed by atoms with Gasteiger partial charge in [0.2, 0.25) is 15.9 Å². The predicted octanol–water partition coefficient (Wildman–Crippen LogP) is 0.444. The number of sulfonamides is 1. The Hall–Kier alpha value is -1.97. The van der Waals surface area contributed by atoms with E-state index in [2.05, 4.69) is 5.32 Å². The highest BCUT2D eigenvalue weighted by Gasteiger charge is 2.31. The van der Waals surface area contributed by atoms with E-state index < -0.39 is 22.0 Å². The molecule has 140 valence electrons. The van der Waals surface area contributed by atoms with E-state index in [1.807, 2.05) is 30.3 Å². The average molecular weight is 372 g/mol. The molecule has 1 atom stereocenters. The summed E-state index contributed by atoms with van der Waals surface area (Å²) in [5, 5.41) is 11.6. The van der Waals surface area contributed by atoms with E-state index in [0.29, 0.717) is 0 Å². The minimum absolute atomic E-state index is 0.0387. The Morgan fingerprint density at radius 2 is 1.92 bits per heavy atom. The Balaban J connectivity index is 2.60. The first kappa shape index (κ1) is 21.1. The van der Waals surface area contributed by atoms with Gasteiger partial charge in [0.1, 0.15) is 6.04 Å². The van der Waals surface area contributed by atoms with Crippen molar-refractivity contribution in [2.75, 3.05) is 25.4 Å². The van der Waals surface area contributed by atoms with E-state index in [1.54, 1.807) is 0 Å². The first-order valence-electron chi connectivity index (χ1n) is 7.82. The van der Waals surface area contributed by atoms with E-state index in [0.717, 1.165) is 9.87 Å². The van der Waals surface area contributed by atoms with Crippen molar-refractivity contribution >= 4 is 21.9 Å². The monoisotopic (exact) mass is 372 g/mol. The molecule has 1 amide bonds. The molecule has 0 aliphatic rings. The number of carbonyl (C=O) groups is 2. The van der Waals surface area contributed by atoms with Gasteiger partial charge in [-0.1, -0.05) is 30.3 Å². The Morgan fingerprint density at radius 1 is 1.28 bits per heavy atom. The Bertz CT molecular complexity index is 662. The van der Waals surface area contributed by atoms with Crippen LogP contribution in [0.5, 0.6) is 0 Å². The number of carbonyl (C=O) groups excluding carboxylic acids is 1. The molecule has 1 aromatic rings. The van der Waals surface area contributed by atoms with E-state index in [9.17, 15) is 18.0 Å². The molecule has 0 saturated heterocycles. The number of amides is 1. The Kier molecular flexibility index (Phi) is 8.53. The van der Waals surface area contributed by atoms with Crippen molar-refractivity contribution < 1.29 is 27.9 Å². The van der Waals surface area contributed by atoms with Gasteiger partial charge in [0.15, 0.2) is 0 Å². The van der Waals surface area contributed by atoms with Gasteiger partial charge in [0, 0.05) is 20.0 Å². The predicted molar refractivity (Wildman–Crippen MR) is 92.4 cm³/mol. The Morgan fingerprint density at radius 3 is 2.48 bits per heavy atom. The van der Waals surface area contributed by atoms with Crippen LogP contribution in [0.4, 0.5) is 0 Å². The molecule has 2 N–H and O–H groups in total. The van der Waals surface area contributed by atoms with Gasteiger partial charge in [0.05, 0.1) is 19.0 Å². The first-order valence-corrected chi connectivity index (χ1v) is 9.43. The van der Waals surface area contributed by atoms with Gasteiger partial charge in [0.25, 0.3) is 0 Å². The zero-order valence-electron chi connectivity index (χ0n) is 14.3. The lowest BCUT2D eigenvalue weighted by Crippen LogP contribution is -2.47. The number of nitrogens with one attached hydrogen (secondary N) is 1. The number of ether oxygens (including phenoxy) is 1. The number of carboxylic acid groups (broad SMARTS) is 1. The quantitative estimate of drug-likeness (QED) is 0.545. The standard InChI is InChI=1S/C16H24N2O6S/c1-13(16(20)21)18(9-8-17-14(2)19)25(22,23)11-10-24-12-15-6-4-3-5-7-15/h3-7,13H,8-12H2,1-2H3,(H,17,19)(H,20,21). The largest absolute Gasteiger partial charge is 0.480 e. The second-order valence-corrected chi connectivity index (χ2v) is 7.50. The molecular formula is C16H24N2O6S. The minimum Gasteiger partial charge on any atom is -0.480 e. The molecule has 0 fully saturated rings. The Labute approximate surface area is 147 Å². The summed E-state index contributed by atoms with van der Waals surface area (Å²) in [5.74, 6) is -1.90. The summed E-state index contributed by atoms with van der Waals surface area (Å²) in [6, 6.07) is 8.07. The summed E-state index contributed by atoms with van der Waals surface area (Å²) >= 11 is 0. The number of hydrogen-bond acceptors (Lipinski definition) is 5. The third-order valence-electron chi connectivity index (χ3n) is 3.45. The summed E-state index contributed by atoms with van der Waals surface area (Å²) < 4.78 is 31.1. The molecule has 1 unspecified atom stereocenters. The number of rotatable bonds is 11. The van der Waals surface area contributed by atoms with Gasteiger partial charge in [-0.25, -0.2) is 8.42 Å². The summed E-state index contributed by atoms with van der Waals surface area (Å²) in [6.45, 7) is 2.73. The van der Waals surface area contributed by atoms with Crippen LogP contribution in [0, 0.1) is 0 Å². The third kappa shape index (κ3) is 7.63. The van der Waals surface area contributed by atoms with Crippen LogP contribution in [0.3, 0.4) is 0 Å². The second kappa shape index (κ2) is 10.1. The zero-order valence-corrected chi connectivity index (χ0v) is 15.2. The van der Waals surface area contributed by atoms with Crippen molar-refractivity contribution in [2.24, 2.45) is 0 Å². The lowest BCUT2D eigenvalue weighted by molar-refractivity contribution is -0.140. The van der Waals surface area contributed by atoms with Crippen LogP contribution in [-0.4, -0.2) is 61.2 Å². The first-order chi connectivity index (χ1) is 11.7. The molecule has 0 aromatic heterocycles. The minimum atomic E-state index is -3.84. The third-order valence-corrected chi connectivity index (χ3v) is 5.35. The molecule has 25 heavy (non-hydrogen) atoms. The topological polar surface area (TPSA) is 113 Å². The highest BCUT2D eigenvalue weighted by atomic mass is 32.2. The lowest BCUT2D eigenvalue weighted by Gasteiger charge is -2.25. The van der Waals surface area contributed by atoms with E-state index in [4.69, 9.17) is 9.84 Å². The second-order valence-electron chi connectivity index (χ2n) is 5.46. The fraction of sp³-hybridized carbons (Fsp3) is 0.500. The van der Waals surface area contributed by atoms with Crippen LogP contribution in [0.15, 0.2) is 30.3 Å². The highest BCUT2D eigenvalue weighted by Crippen LogP contribution is 2.09. The van der Waals surface area contributed by atoms with Crippen molar-refractivity contribution in [3.05, 3.63) is 35.9 Å². The normalized spacial score (nSPS) is 12.8. The lowest BCUT2D eigenvalue weighted by atomic mass is 10.2. The molecule has 1 rings (SSSR count). The van der Waals surface area contributed by atoms with Gasteiger partial charge < -0.3 is 15.2 Å².